The SMILES string of the molecule is CCCCN(C)c1nc(C)cc(C(=O)Nc2c(C)cccc2C)n1. The van der Waals surface area contributed by atoms with Gasteiger partial charge in [0.15, 0.2) is 0 Å². The molecule has 128 valence electrons. The molecule has 2 rings (SSSR count). The Labute approximate surface area is 144 Å². The number of carbonyl (C=O) groups is 1. The summed E-state index contributed by atoms with van der Waals surface area (Å²) in [5.41, 5.74) is 4.10. The molecule has 0 saturated carbocycles. The molecule has 5 heteroatoms. The fourth-order valence-corrected chi connectivity index (χ4v) is 2.52. The first-order valence-corrected chi connectivity index (χ1v) is 8.36. The van der Waals surface area contributed by atoms with E-state index in [0.717, 1.165) is 41.9 Å². The average Bonchev–Trinajstić information content (AvgIpc) is 2.55. The molecular formula is C19H26N4O. The van der Waals surface area contributed by atoms with Gasteiger partial charge in [-0.25, -0.2) is 9.97 Å². The molecule has 0 aliphatic rings. The van der Waals surface area contributed by atoms with Crippen LogP contribution in [0.5, 0.6) is 0 Å². The third-order valence-corrected chi connectivity index (χ3v) is 3.98. The minimum absolute atomic E-state index is 0.206. The van der Waals surface area contributed by atoms with Crippen LogP contribution in [-0.2, 0) is 0 Å². The highest BCUT2D eigenvalue weighted by Gasteiger charge is 2.14. The number of anilines is 2. The quantitative estimate of drug-likeness (QED) is 0.875. The first-order valence-electron chi connectivity index (χ1n) is 8.36. The Kier molecular flexibility index (Phi) is 5.90. The smallest absolute Gasteiger partial charge is 0.274 e. The summed E-state index contributed by atoms with van der Waals surface area (Å²) in [6, 6.07) is 7.67. The van der Waals surface area contributed by atoms with E-state index in [4.69, 9.17) is 0 Å². The summed E-state index contributed by atoms with van der Waals surface area (Å²) in [7, 11) is 1.96. The lowest BCUT2D eigenvalue weighted by atomic mass is 10.1. The van der Waals surface area contributed by atoms with Crippen LogP contribution in [0.1, 0.15) is 47.1 Å². The highest BCUT2D eigenvalue weighted by atomic mass is 16.1. The molecule has 1 amide bonds. The van der Waals surface area contributed by atoms with E-state index in [-0.39, 0.29) is 5.91 Å². The van der Waals surface area contributed by atoms with E-state index in [0.29, 0.717) is 11.6 Å². The normalized spacial score (nSPS) is 10.5. The second kappa shape index (κ2) is 7.90. The number of amides is 1. The van der Waals surface area contributed by atoms with Crippen LogP contribution in [0.4, 0.5) is 11.6 Å². The third-order valence-electron chi connectivity index (χ3n) is 3.98. The number of para-hydroxylation sites is 1. The molecule has 1 aromatic heterocycles. The monoisotopic (exact) mass is 326 g/mol. The summed E-state index contributed by atoms with van der Waals surface area (Å²) >= 11 is 0. The van der Waals surface area contributed by atoms with Gasteiger partial charge in [0.2, 0.25) is 5.95 Å². The molecule has 5 nitrogen and oxygen atoms in total. The molecule has 0 spiro atoms. The van der Waals surface area contributed by atoms with E-state index in [2.05, 4.69) is 22.2 Å². The predicted octanol–water partition coefficient (Wildman–Crippen LogP) is 3.89. The Balaban J connectivity index is 2.25. The van der Waals surface area contributed by atoms with Crippen molar-refractivity contribution in [1.29, 1.82) is 0 Å². The summed E-state index contributed by atoms with van der Waals surface area (Å²) in [6.45, 7) is 8.87. The maximum atomic E-state index is 12.6. The number of carbonyl (C=O) groups excluding carboxylic acids is 1. The van der Waals surface area contributed by atoms with Crippen LogP contribution in [-0.4, -0.2) is 29.5 Å². The highest BCUT2D eigenvalue weighted by Crippen LogP contribution is 2.20. The zero-order valence-corrected chi connectivity index (χ0v) is 15.2. The summed E-state index contributed by atoms with van der Waals surface area (Å²) < 4.78 is 0. The van der Waals surface area contributed by atoms with Crippen LogP contribution in [0, 0.1) is 20.8 Å². The molecule has 0 fully saturated rings. The zero-order chi connectivity index (χ0) is 17.7. The van der Waals surface area contributed by atoms with Crippen LogP contribution in [0.15, 0.2) is 24.3 Å². The molecule has 0 unspecified atom stereocenters. The minimum atomic E-state index is -0.206. The predicted molar refractivity (Wildman–Crippen MR) is 98.8 cm³/mol. The second-order valence-corrected chi connectivity index (χ2v) is 6.19. The maximum absolute atomic E-state index is 12.6. The van der Waals surface area contributed by atoms with Gasteiger partial charge in [-0.15, -0.1) is 0 Å². The standard InChI is InChI=1S/C19H26N4O/c1-6-7-11-23(5)19-20-15(4)12-16(21-19)18(24)22-17-13(2)9-8-10-14(17)3/h8-10,12H,6-7,11H2,1-5H3,(H,22,24). The van der Waals surface area contributed by atoms with Gasteiger partial charge in [-0.05, 0) is 44.4 Å². The van der Waals surface area contributed by atoms with Crippen molar-refractivity contribution in [3.63, 3.8) is 0 Å². The number of hydrogen-bond acceptors (Lipinski definition) is 4. The van der Waals surface area contributed by atoms with Gasteiger partial charge in [0.25, 0.3) is 5.91 Å². The van der Waals surface area contributed by atoms with Crippen molar-refractivity contribution < 1.29 is 4.79 Å². The van der Waals surface area contributed by atoms with Crippen molar-refractivity contribution >= 4 is 17.5 Å². The van der Waals surface area contributed by atoms with Gasteiger partial charge in [0.1, 0.15) is 5.69 Å². The largest absolute Gasteiger partial charge is 0.344 e. The lowest BCUT2D eigenvalue weighted by molar-refractivity contribution is 0.102. The van der Waals surface area contributed by atoms with E-state index in [9.17, 15) is 4.79 Å². The highest BCUT2D eigenvalue weighted by molar-refractivity contribution is 6.03. The van der Waals surface area contributed by atoms with Crippen molar-refractivity contribution in [1.82, 2.24) is 9.97 Å². The van der Waals surface area contributed by atoms with E-state index in [1.165, 1.54) is 0 Å². The van der Waals surface area contributed by atoms with Crippen LogP contribution < -0.4 is 10.2 Å². The van der Waals surface area contributed by atoms with Crippen LogP contribution in [0.25, 0.3) is 0 Å². The van der Waals surface area contributed by atoms with Crippen LogP contribution >= 0.6 is 0 Å². The first-order chi connectivity index (χ1) is 11.4. The Morgan fingerprint density at radius 2 is 1.83 bits per heavy atom. The van der Waals surface area contributed by atoms with Gasteiger partial charge in [-0.2, -0.15) is 0 Å². The first kappa shape index (κ1) is 17.9. The average molecular weight is 326 g/mol. The molecule has 0 bridgehead atoms. The zero-order valence-electron chi connectivity index (χ0n) is 15.2. The summed E-state index contributed by atoms with van der Waals surface area (Å²) in [4.78, 5) is 23.5. The maximum Gasteiger partial charge on any atom is 0.274 e. The van der Waals surface area contributed by atoms with Gasteiger partial charge in [0.05, 0.1) is 0 Å². The third kappa shape index (κ3) is 4.31. The molecular weight excluding hydrogens is 300 g/mol. The van der Waals surface area contributed by atoms with Crippen molar-refractivity contribution in [2.75, 3.05) is 23.8 Å². The molecule has 0 atom stereocenters. The number of nitrogens with one attached hydrogen (secondary N) is 1. The van der Waals surface area contributed by atoms with Gasteiger partial charge in [0, 0.05) is 25.0 Å². The van der Waals surface area contributed by atoms with Gasteiger partial charge in [-0.1, -0.05) is 31.5 Å². The van der Waals surface area contributed by atoms with Crippen LogP contribution in [0.2, 0.25) is 0 Å². The van der Waals surface area contributed by atoms with E-state index < -0.39 is 0 Å². The van der Waals surface area contributed by atoms with Gasteiger partial charge >= 0.3 is 0 Å². The molecule has 1 heterocycles. The molecule has 0 radical (unpaired) electrons. The fraction of sp³-hybridized carbons (Fsp3) is 0.421. The molecule has 2 aromatic rings. The number of aryl methyl sites for hydroxylation is 3. The number of rotatable bonds is 6. The second-order valence-electron chi connectivity index (χ2n) is 6.19. The number of nitrogens with zero attached hydrogens (tertiary/aromatic N) is 3. The lowest BCUT2D eigenvalue weighted by Crippen LogP contribution is -2.23. The number of aromatic nitrogens is 2. The Morgan fingerprint density at radius 1 is 1.17 bits per heavy atom. The summed E-state index contributed by atoms with van der Waals surface area (Å²) in [5, 5.41) is 2.98. The number of hydrogen-bond donors (Lipinski definition) is 1. The molecule has 1 aromatic carbocycles. The number of benzene rings is 1. The van der Waals surface area contributed by atoms with Crippen molar-refractivity contribution in [2.45, 2.75) is 40.5 Å². The van der Waals surface area contributed by atoms with Crippen molar-refractivity contribution in [3.05, 3.63) is 46.8 Å². The molecule has 1 N–H and O–H groups in total. The van der Waals surface area contributed by atoms with Crippen molar-refractivity contribution in [2.24, 2.45) is 0 Å². The van der Waals surface area contributed by atoms with E-state index in [1.807, 2.05) is 50.9 Å². The van der Waals surface area contributed by atoms with Crippen molar-refractivity contribution in [3.8, 4) is 0 Å². The lowest BCUT2D eigenvalue weighted by Gasteiger charge is -2.18. The Bertz CT molecular complexity index is 707. The minimum Gasteiger partial charge on any atom is -0.344 e. The van der Waals surface area contributed by atoms with E-state index in [1.54, 1.807) is 6.07 Å². The summed E-state index contributed by atoms with van der Waals surface area (Å²) in [6.07, 6.45) is 2.17. The van der Waals surface area contributed by atoms with Gasteiger partial charge in [-0.3, -0.25) is 4.79 Å². The Hall–Kier alpha value is -2.43. The molecule has 0 aliphatic carbocycles. The van der Waals surface area contributed by atoms with Crippen LogP contribution in [0.3, 0.4) is 0 Å². The Morgan fingerprint density at radius 3 is 2.46 bits per heavy atom. The van der Waals surface area contributed by atoms with Gasteiger partial charge < -0.3 is 10.2 Å². The summed E-state index contributed by atoms with van der Waals surface area (Å²) in [5.74, 6) is 0.387. The fourth-order valence-electron chi connectivity index (χ4n) is 2.52. The molecule has 24 heavy (non-hydrogen) atoms. The molecule has 0 saturated heterocycles. The van der Waals surface area contributed by atoms with E-state index >= 15 is 0 Å². The number of unbranched alkanes of at least 4 members (excludes halogenated alkanes) is 1. The topological polar surface area (TPSA) is 58.1 Å². The molecule has 0 aliphatic heterocycles.